The van der Waals surface area contributed by atoms with Gasteiger partial charge in [-0.05, 0) is 24.5 Å². The van der Waals surface area contributed by atoms with Crippen molar-refractivity contribution in [2.24, 2.45) is 5.92 Å². The molecule has 0 N–H and O–H groups in total. The Morgan fingerprint density at radius 3 is 2.57 bits per heavy atom. The van der Waals surface area contributed by atoms with Gasteiger partial charge in [-0.1, -0.05) is 13.0 Å². The fraction of sp³-hybridized carbons (Fsp3) is 0.364. The molecule has 1 aromatic rings. The molecule has 0 heterocycles. The number of carbonyl (C=O) groups is 1. The zero-order valence-electron chi connectivity index (χ0n) is 8.18. The molecule has 0 fully saturated rings. The van der Waals surface area contributed by atoms with Crippen LogP contribution in [0.1, 0.15) is 18.1 Å². The second kappa shape index (κ2) is 4.31. The fourth-order valence-corrected chi connectivity index (χ4v) is 1.27. The van der Waals surface area contributed by atoms with Crippen LogP contribution in [0.5, 0.6) is 0 Å². The van der Waals surface area contributed by atoms with Gasteiger partial charge in [-0.2, -0.15) is 0 Å². The second-order valence-corrected chi connectivity index (χ2v) is 3.51. The summed E-state index contributed by atoms with van der Waals surface area (Å²) in [4.78, 5) is 10.4. The van der Waals surface area contributed by atoms with Gasteiger partial charge in [0.05, 0.1) is 0 Å². The van der Waals surface area contributed by atoms with Gasteiger partial charge in [0.15, 0.2) is 0 Å². The molecule has 0 saturated heterocycles. The van der Waals surface area contributed by atoms with E-state index in [-0.39, 0.29) is 5.92 Å². The molecule has 14 heavy (non-hydrogen) atoms. The normalized spacial score (nSPS) is 12.6. The van der Waals surface area contributed by atoms with Crippen LogP contribution in [0.3, 0.4) is 0 Å². The SMILES string of the molecule is Cc1cc(CC(C)C=O)c(F)cc1F. The quantitative estimate of drug-likeness (QED) is 0.682. The van der Waals surface area contributed by atoms with E-state index in [0.717, 1.165) is 12.4 Å². The predicted octanol–water partition coefficient (Wildman–Crippen LogP) is 2.65. The van der Waals surface area contributed by atoms with E-state index in [1.165, 1.54) is 6.07 Å². The second-order valence-electron chi connectivity index (χ2n) is 3.51. The van der Waals surface area contributed by atoms with Gasteiger partial charge in [0.25, 0.3) is 0 Å². The monoisotopic (exact) mass is 198 g/mol. The molecule has 0 aliphatic carbocycles. The molecule has 0 bridgehead atoms. The van der Waals surface area contributed by atoms with E-state index in [9.17, 15) is 13.6 Å². The zero-order valence-corrected chi connectivity index (χ0v) is 8.18. The number of carbonyl (C=O) groups excluding carboxylic acids is 1. The highest BCUT2D eigenvalue weighted by atomic mass is 19.1. The van der Waals surface area contributed by atoms with Crippen LogP contribution in [0.2, 0.25) is 0 Å². The van der Waals surface area contributed by atoms with Crippen molar-refractivity contribution >= 4 is 6.29 Å². The summed E-state index contributed by atoms with van der Waals surface area (Å²) in [6.45, 7) is 3.27. The summed E-state index contributed by atoms with van der Waals surface area (Å²) in [7, 11) is 0. The van der Waals surface area contributed by atoms with E-state index >= 15 is 0 Å². The van der Waals surface area contributed by atoms with Crippen molar-refractivity contribution in [3.63, 3.8) is 0 Å². The summed E-state index contributed by atoms with van der Waals surface area (Å²) < 4.78 is 26.0. The maximum Gasteiger partial charge on any atom is 0.129 e. The molecule has 0 aliphatic rings. The highest BCUT2D eigenvalue weighted by molar-refractivity contribution is 5.53. The van der Waals surface area contributed by atoms with Crippen LogP contribution >= 0.6 is 0 Å². The summed E-state index contributed by atoms with van der Waals surface area (Å²) in [5, 5.41) is 0. The Labute approximate surface area is 81.7 Å². The molecule has 1 atom stereocenters. The van der Waals surface area contributed by atoms with E-state index in [4.69, 9.17) is 0 Å². The van der Waals surface area contributed by atoms with Crippen LogP contribution in [0, 0.1) is 24.5 Å². The van der Waals surface area contributed by atoms with Crippen LogP contribution in [0.25, 0.3) is 0 Å². The highest BCUT2D eigenvalue weighted by Gasteiger charge is 2.10. The molecule has 0 aromatic heterocycles. The van der Waals surface area contributed by atoms with Gasteiger partial charge in [0.1, 0.15) is 17.9 Å². The smallest absolute Gasteiger partial charge is 0.129 e. The summed E-state index contributed by atoms with van der Waals surface area (Å²) in [5.74, 6) is -1.37. The molecule has 0 spiro atoms. The number of halogens is 2. The molecule has 0 aliphatic heterocycles. The number of hydrogen-bond donors (Lipinski definition) is 0. The summed E-state index contributed by atoms with van der Waals surface area (Å²) >= 11 is 0. The number of rotatable bonds is 3. The Hall–Kier alpha value is -1.25. The van der Waals surface area contributed by atoms with E-state index in [0.29, 0.717) is 17.5 Å². The maximum absolute atomic E-state index is 13.2. The van der Waals surface area contributed by atoms with Crippen LogP contribution in [-0.2, 0) is 11.2 Å². The zero-order chi connectivity index (χ0) is 10.7. The van der Waals surface area contributed by atoms with E-state index in [1.54, 1.807) is 13.8 Å². The first kappa shape index (κ1) is 10.8. The molecule has 0 amide bonds. The number of aryl methyl sites for hydroxylation is 1. The van der Waals surface area contributed by atoms with Gasteiger partial charge in [-0.3, -0.25) is 0 Å². The average Bonchev–Trinajstić information content (AvgIpc) is 2.14. The minimum absolute atomic E-state index is 0.241. The number of hydrogen-bond acceptors (Lipinski definition) is 1. The molecule has 0 saturated carbocycles. The molecule has 1 aromatic carbocycles. The van der Waals surface area contributed by atoms with Gasteiger partial charge in [-0.15, -0.1) is 0 Å². The third kappa shape index (κ3) is 2.37. The minimum atomic E-state index is -0.582. The summed E-state index contributed by atoms with van der Waals surface area (Å²) in [5.41, 5.74) is 0.794. The Morgan fingerprint density at radius 1 is 1.36 bits per heavy atom. The highest BCUT2D eigenvalue weighted by Crippen LogP contribution is 2.16. The van der Waals surface area contributed by atoms with E-state index < -0.39 is 11.6 Å². The molecule has 1 unspecified atom stereocenters. The Morgan fingerprint density at radius 2 is 2.00 bits per heavy atom. The lowest BCUT2D eigenvalue weighted by Gasteiger charge is -2.07. The molecule has 1 rings (SSSR count). The van der Waals surface area contributed by atoms with Crippen molar-refractivity contribution in [2.75, 3.05) is 0 Å². The van der Waals surface area contributed by atoms with Gasteiger partial charge in [0, 0.05) is 12.0 Å². The standard InChI is InChI=1S/C11H12F2O/c1-7(6-14)3-9-4-8(2)10(12)5-11(9)13/h4-7H,3H2,1-2H3. The molecule has 0 radical (unpaired) electrons. The lowest BCUT2D eigenvalue weighted by Crippen LogP contribution is -2.04. The van der Waals surface area contributed by atoms with Gasteiger partial charge < -0.3 is 4.79 Å². The molecule has 1 nitrogen and oxygen atoms in total. The molecule has 76 valence electrons. The van der Waals surface area contributed by atoms with Crippen LogP contribution in [0.4, 0.5) is 8.78 Å². The van der Waals surface area contributed by atoms with Crippen molar-refractivity contribution < 1.29 is 13.6 Å². The van der Waals surface area contributed by atoms with E-state index in [2.05, 4.69) is 0 Å². The van der Waals surface area contributed by atoms with E-state index in [1.807, 2.05) is 0 Å². The Balaban J connectivity index is 2.97. The minimum Gasteiger partial charge on any atom is -0.303 e. The lowest BCUT2D eigenvalue weighted by molar-refractivity contribution is -0.110. The van der Waals surface area contributed by atoms with Gasteiger partial charge in [-0.25, -0.2) is 8.78 Å². The van der Waals surface area contributed by atoms with Gasteiger partial charge in [0.2, 0.25) is 0 Å². The third-order valence-corrected chi connectivity index (χ3v) is 2.10. The predicted molar refractivity (Wildman–Crippen MR) is 50.0 cm³/mol. The van der Waals surface area contributed by atoms with Crippen molar-refractivity contribution in [3.8, 4) is 0 Å². The van der Waals surface area contributed by atoms with Gasteiger partial charge >= 0.3 is 0 Å². The van der Waals surface area contributed by atoms with Crippen LogP contribution in [-0.4, -0.2) is 6.29 Å². The molecular weight excluding hydrogens is 186 g/mol. The number of benzene rings is 1. The first-order chi connectivity index (χ1) is 6.54. The first-order valence-electron chi connectivity index (χ1n) is 4.44. The molecule has 3 heteroatoms. The summed E-state index contributed by atoms with van der Waals surface area (Å²) in [6, 6.07) is 2.31. The largest absolute Gasteiger partial charge is 0.303 e. The first-order valence-corrected chi connectivity index (χ1v) is 4.44. The van der Waals surface area contributed by atoms with Crippen LogP contribution < -0.4 is 0 Å². The number of aldehydes is 1. The summed E-state index contributed by atoms with van der Waals surface area (Å²) in [6.07, 6.45) is 1.08. The van der Waals surface area contributed by atoms with Crippen molar-refractivity contribution in [1.82, 2.24) is 0 Å². The topological polar surface area (TPSA) is 17.1 Å². The fourth-order valence-electron chi connectivity index (χ4n) is 1.27. The molecular formula is C11H12F2O. The van der Waals surface area contributed by atoms with Crippen molar-refractivity contribution in [3.05, 3.63) is 34.9 Å². The third-order valence-electron chi connectivity index (χ3n) is 2.10. The Kier molecular flexibility index (Phi) is 3.33. The maximum atomic E-state index is 13.2. The van der Waals surface area contributed by atoms with Crippen molar-refractivity contribution in [1.29, 1.82) is 0 Å². The lowest BCUT2D eigenvalue weighted by atomic mass is 10.0. The van der Waals surface area contributed by atoms with Crippen LogP contribution in [0.15, 0.2) is 12.1 Å². The average molecular weight is 198 g/mol. The Bertz CT molecular complexity index is 347. The van der Waals surface area contributed by atoms with Crippen molar-refractivity contribution in [2.45, 2.75) is 20.3 Å².